The maximum Gasteiger partial charge on any atom is 0.254 e. The van der Waals surface area contributed by atoms with E-state index in [2.05, 4.69) is 4.72 Å². The average molecular weight is 421 g/mol. The maximum atomic E-state index is 13.5. The Kier molecular flexibility index (Phi) is 6.44. The summed E-state index contributed by atoms with van der Waals surface area (Å²) in [6.07, 6.45) is 0. The smallest absolute Gasteiger partial charge is 0.254 e. The first kappa shape index (κ1) is 22.5. The molecule has 0 aromatic heterocycles. The SMILES string of the molecule is CN(C(=O)c1ccc(S(=O)(=O)NC(C)(C)C)cc1)C(C(N)=O)c1cccc(F)c1. The van der Waals surface area contributed by atoms with Gasteiger partial charge in [0.2, 0.25) is 15.9 Å². The summed E-state index contributed by atoms with van der Waals surface area (Å²) < 4.78 is 40.8. The molecule has 0 aliphatic carbocycles. The highest BCUT2D eigenvalue weighted by atomic mass is 32.2. The topological polar surface area (TPSA) is 110 Å². The van der Waals surface area contributed by atoms with E-state index in [1.54, 1.807) is 20.8 Å². The van der Waals surface area contributed by atoms with Crippen LogP contribution >= 0.6 is 0 Å². The number of halogens is 1. The van der Waals surface area contributed by atoms with Gasteiger partial charge in [0.15, 0.2) is 0 Å². The summed E-state index contributed by atoms with van der Waals surface area (Å²) in [5.74, 6) is -1.94. The number of hydrogen-bond donors (Lipinski definition) is 2. The van der Waals surface area contributed by atoms with Crippen molar-refractivity contribution in [1.29, 1.82) is 0 Å². The standard InChI is InChI=1S/C20H24FN3O4S/c1-20(2,3)23-29(27,28)16-10-8-13(9-11-16)19(26)24(4)17(18(22)25)14-6-5-7-15(21)12-14/h5-12,17,23H,1-4H3,(H2,22,25). The fraction of sp³-hybridized carbons (Fsp3) is 0.300. The van der Waals surface area contributed by atoms with Crippen LogP contribution in [-0.4, -0.2) is 37.7 Å². The summed E-state index contributed by atoms with van der Waals surface area (Å²) in [4.78, 5) is 25.8. The number of nitrogens with one attached hydrogen (secondary N) is 1. The summed E-state index contributed by atoms with van der Waals surface area (Å²) in [6.45, 7) is 5.15. The lowest BCUT2D eigenvalue weighted by atomic mass is 10.0. The van der Waals surface area contributed by atoms with Crippen molar-refractivity contribution in [3.05, 3.63) is 65.5 Å². The Morgan fingerprint density at radius 1 is 1.10 bits per heavy atom. The van der Waals surface area contributed by atoms with Crippen LogP contribution in [-0.2, 0) is 14.8 Å². The summed E-state index contributed by atoms with van der Waals surface area (Å²) in [5, 5.41) is 0. The van der Waals surface area contributed by atoms with Crippen molar-refractivity contribution in [3.63, 3.8) is 0 Å². The summed E-state index contributed by atoms with van der Waals surface area (Å²) >= 11 is 0. The molecule has 29 heavy (non-hydrogen) atoms. The minimum Gasteiger partial charge on any atom is -0.368 e. The molecule has 3 N–H and O–H groups in total. The number of rotatable bonds is 6. The lowest BCUT2D eigenvalue weighted by Gasteiger charge is -2.26. The van der Waals surface area contributed by atoms with Crippen molar-refractivity contribution < 1.29 is 22.4 Å². The number of nitrogens with two attached hydrogens (primary N) is 1. The molecule has 2 amide bonds. The van der Waals surface area contributed by atoms with Gasteiger partial charge in [0, 0.05) is 18.2 Å². The van der Waals surface area contributed by atoms with Gasteiger partial charge in [-0.2, -0.15) is 0 Å². The van der Waals surface area contributed by atoms with Crippen LogP contribution in [0.25, 0.3) is 0 Å². The van der Waals surface area contributed by atoms with Crippen molar-refractivity contribution >= 4 is 21.8 Å². The number of benzene rings is 2. The second-order valence-electron chi connectivity index (χ2n) is 7.66. The average Bonchev–Trinajstić information content (AvgIpc) is 2.59. The Balaban J connectivity index is 2.30. The third-order valence-electron chi connectivity index (χ3n) is 3.99. The first-order valence-electron chi connectivity index (χ1n) is 8.78. The Bertz CT molecular complexity index is 1010. The van der Waals surface area contributed by atoms with Crippen LogP contribution in [0.1, 0.15) is 42.7 Å². The maximum absolute atomic E-state index is 13.5. The third kappa shape index (κ3) is 5.61. The Hall–Kier alpha value is -2.78. The molecule has 0 radical (unpaired) electrons. The number of hydrogen-bond acceptors (Lipinski definition) is 4. The van der Waals surface area contributed by atoms with Crippen LogP contribution in [0.2, 0.25) is 0 Å². The van der Waals surface area contributed by atoms with Crippen LogP contribution < -0.4 is 10.5 Å². The van der Waals surface area contributed by atoms with Gasteiger partial charge in [-0.25, -0.2) is 17.5 Å². The molecule has 2 rings (SSSR count). The highest BCUT2D eigenvalue weighted by Crippen LogP contribution is 2.23. The molecule has 0 bridgehead atoms. The molecule has 2 aromatic rings. The number of amides is 2. The largest absolute Gasteiger partial charge is 0.368 e. The van der Waals surface area contributed by atoms with Crippen LogP contribution in [0.15, 0.2) is 53.4 Å². The van der Waals surface area contributed by atoms with Gasteiger partial charge in [0.05, 0.1) is 4.90 Å². The van der Waals surface area contributed by atoms with Gasteiger partial charge in [-0.05, 0) is 62.7 Å². The zero-order chi connectivity index (χ0) is 22.0. The third-order valence-corrected chi connectivity index (χ3v) is 5.77. The zero-order valence-electron chi connectivity index (χ0n) is 16.6. The van der Waals surface area contributed by atoms with E-state index in [0.717, 1.165) is 11.0 Å². The van der Waals surface area contributed by atoms with Crippen LogP contribution in [0.3, 0.4) is 0 Å². The van der Waals surface area contributed by atoms with Gasteiger partial charge >= 0.3 is 0 Å². The molecule has 2 aromatic carbocycles. The number of carbonyl (C=O) groups is 2. The van der Waals surface area contributed by atoms with Gasteiger partial charge < -0.3 is 10.6 Å². The summed E-state index contributed by atoms with van der Waals surface area (Å²) in [5.41, 5.74) is 5.17. The molecule has 156 valence electrons. The van der Waals surface area contributed by atoms with Crippen LogP contribution in [0.5, 0.6) is 0 Å². The first-order chi connectivity index (χ1) is 13.3. The first-order valence-corrected chi connectivity index (χ1v) is 10.3. The van der Waals surface area contributed by atoms with E-state index in [-0.39, 0.29) is 16.0 Å². The number of sulfonamides is 1. The normalized spacial score (nSPS) is 13.0. The van der Waals surface area contributed by atoms with Crippen molar-refractivity contribution in [2.45, 2.75) is 37.2 Å². The molecule has 7 nitrogen and oxygen atoms in total. The summed E-state index contributed by atoms with van der Waals surface area (Å²) in [7, 11) is -2.38. The van der Waals surface area contributed by atoms with E-state index in [0.29, 0.717) is 0 Å². The second-order valence-corrected chi connectivity index (χ2v) is 9.34. The minimum atomic E-state index is -3.75. The van der Waals surface area contributed by atoms with Crippen molar-refractivity contribution in [2.75, 3.05) is 7.05 Å². The lowest BCUT2D eigenvalue weighted by molar-refractivity contribution is -0.122. The quantitative estimate of drug-likeness (QED) is 0.745. The van der Waals surface area contributed by atoms with Gasteiger partial charge in [-0.3, -0.25) is 9.59 Å². The molecule has 0 fully saturated rings. The van der Waals surface area contributed by atoms with E-state index in [9.17, 15) is 22.4 Å². The van der Waals surface area contributed by atoms with Crippen molar-refractivity contribution in [3.8, 4) is 0 Å². The molecule has 0 spiro atoms. The van der Waals surface area contributed by atoms with Crippen LogP contribution in [0.4, 0.5) is 4.39 Å². The minimum absolute atomic E-state index is 0.00297. The molecular formula is C20H24FN3O4S. The number of primary amides is 1. The Labute approximate surface area is 169 Å². The molecule has 0 saturated carbocycles. The van der Waals surface area contributed by atoms with E-state index >= 15 is 0 Å². The Morgan fingerprint density at radius 2 is 1.69 bits per heavy atom. The zero-order valence-corrected chi connectivity index (χ0v) is 17.5. The molecule has 0 aliphatic rings. The highest BCUT2D eigenvalue weighted by Gasteiger charge is 2.28. The number of nitrogens with zero attached hydrogens (tertiary/aromatic N) is 1. The number of likely N-dealkylation sites (N-methyl/N-ethyl adjacent to an activating group) is 1. The molecule has 1 atom stereocenters. The van der Waals surface area contributed by atoms with E-state index in [4.69, 9.17) is 5.73 Å². The van der Waals surface area contributed by atoms with Crippen molar-refractivity contribution in [1.82, 2.24) is 9.62 Å². The van der Waals surface area contributed by atoms with Crippen molar-refractivity contribution in [2.24, 2.45) is 5.73 Å². The highest BCUT2D eigenvalue weighted by molar-refractivity contribution is 7.89. The van der Waals surface area contributed by atoms with E-state index < -0.39 is 39.2 Å². The predicted molar refractivity (Wildman–Crippen MR) is 107 cm³/mol. The molecular weight excluding hydrogens is 397 g/mol. The van der Waals surface area contributed by atoms with Gasteiger partial charge in [-0.1, -0.05) is 12.1 Å². The molecule has 0 saturated heterocycles. The monoisotopic (exact) mass is 421 g/mol. The van der Waals surface area contributed by atoms with E-state index in [1.165, 1.54) is 49.5 Å². The molecule has 0 aliphatic heterocycles. The van der Waals surface area contributed by atoms with Gasteiger partial charge in [0.25, 0.3) is 5.91 Å². The molecule has 9 heteroatoms. The van der Waals surface area contributed by atoms with Gasteiger partial charge in [0.1, 0.15) is 11.9 Å². The van der Waals surface area contributed by atoms with E-state index in [1.807, 2.05) is 0 Å². The fourth-order valence-corrected chi connectivity index (χ4v) is 4.23. The van der Waals surface area contributed by atoms with Gasteiger partial charge in [-0.15, -0.1) is 0 Å². The number of carbonyl (C=O) groups excluding carboxylic acids is 2. The van der Waals surface area contributed by atoms with Crippen LogP contribution in [0, 0.1) is 5.82 Å². The molecule has 1 unspecified atom stereocenters. The fourth-order valence-electron chi connectivity index (χ4n) is 2.81. The lowest BCUT2D eigenvalue weighted by Crippen LogP contribution is -2.40. The second kappa shape index (κ2) is 8.30. The Morgan fingerprint density at radius 3 is 2.17 bits per heavy atom. The molecule has 0 heterocycles. The summed E-state index contributed by atoms with van der Waals surface area (Å²) in [6, 6.07) is 9.38. The predicted octanol–water partition coefficient (Wildman–Crippen LogP) is 2.20.